The summed E-state index contributed by atoms with van der Waals surface area (Å²) in [6.07, 6.45) is 3.96. The third-order valence-electron chi connectivity index (χ3n) is 6.04. The fourth-order valence-corrected chi connectivity index (χ4v) is 4.88. The number of ether oxygens (including phenoxy) is 1. The molecule has 3 aromatic heterocycles. The third kappa shape index (κ3) is 6.58. The molecule has 11 heteroatoms. The Morgan fingerprint density at radius 3 is 2.58 bits per heavy atom. The number of carbonyl (C=O) groups excluding carboxylic acids is 1. The number of pyridine rings is 2. The van der Waals surface area contributed by atoms with Crippen molar-refractivity contribution in [3.05, 3.63) is 60.4 Å². The van der Waals surface area contributed by atoms with Crippen LogP contribution in [0.3, 0.4) is 0 Å². The van der Waals surface area contributed by atoms with E-state index < -0.39 is 44.7 Å². The Bertz CT molecular complexity index is 1180. The van der Waals surface area contributed by atoms with Crippen molar-refractivity contribution in [2.24, 2.45) is 5.92 Å². The lowest BCUT2D eigenvalue weighted by Crippen LogP contribution is -2.52. The average Bonchev–Trinajstić information content (AvgIpc) is 3.24. The lowest BCUT2D eigenvalue weighted by molar-refractivity contribution is -0.132. The zero-order valence-corrected chi connectivity index (χ0v) is 21.6. The first kappa shape index (κ1) is 26.0. The molecule has 0 N–H and O–H groups in total. The van der Waals surface area contributed by atoms with E-state index in [0.717, 1.165) is 22.6 Å². The van der Waals surface area contributed by atoms with Crippen LogP contribution in [0, 0.1) is 11.9 Å². The van der Waals surface area contributed by atoms with Crippen molar-refractivity contribution in [2.75, 3.05) is 18.1 Å². The molecule has 1 unspecified atom stereocenters. The molecule has 0 saturated carbocycles. The minimum absolute atomic E-state index is 0.0345. The summed E-state index contributed by atoms with van der Waals surface area (Å²) in [4.78, 5) is 22.2. The van der Waals surface area contributed by atoms with Crippen molar-refractivity contribution in [3.63, 3.8) is 0 Å². The van der Waals surface area contributed by atoms with Gasteiger partial charge in [-0.05, 0) is 36.2 Å². The zero-order chi connectivity index (χ0) is 25.9. The molecule has 0 spiro atoms. The summed E-state index contributed by atoms with van der Waals surface area (Å²) in [5, 5.41) is 4.58. The first-order valence-corrected chi connectivity index (χ1v) is 15.6. The normalized spacial score (nSPS) is 18.0. The predicted molar refractivity (Wildman–Crippen MR) is 133 cm³/mol. The number of hydrogen-bond acceptors (Lipinski definition) is 5. The number of alkyl halides is 2. The number of halogens is 3. The Morgan fingerprint density at radius 1 is 1.17 bits per heavy atom. The van der Waals surface area contributed by atoms with Crippen molar-refractivity contribution in [3.8, 4) is 11.3 Å². The summed E-state index contributed by atoms with van der Waals surface area (Å²) in [7, 11) is -1.32. The summed E-state index contributed by atoms with van der Waals surface area (Å²) < 4.78 is 50.3. The van der Waals surface area contributed by atoms with Gasteiger partial charge in [-0.15, -0.1) is 0 Å². The van der Waals surface area contributed by atoms with E-state index >= 15 is 0 Å². The van der Waals surface area contributed by atoms with Crippen LogP contribution in [0.4, 0.5) is 19.0 Å². The van der Waals surface area contributed by atoms with Gasteiger partial charge in [0.15, 0.2) is 0 Å². The number of carbonyl (C=O) groups is 1. The standard InChI is InChI=1S/C25H30F3N5O2Si/c1-36(2,3)11-10-35-17-33-23(13-21(31-33)19-6-8-29-9-7-19)32-16-25(27,28)14-20(24(32)34)12-18-4-5-22(26)30-15-18/h4-9,13,15,20H,10-12,14,16-17H2,1-3H3. The van der Waals surface area contributed by atoms with Crippen LogP contribution >= 0.6 is 0 Å². The molecule has 1 amide bonds. The van der Waals surface area contributed by atoms with Crippen molar-refractivity contribution in [1.29, 1.82) is 0 Å². The molecule has 192 valence electrons. The molecule has 0 radical (unpaired) electrons. The van der Waals surface area contributed by atoms with Crippen LogP contribution in [0.5, 0.6) is 0 Å². The second-order valence-electron chi connectivity index (χ2n) is 10.3. The van der Waals surface area contributed by atoms with Crippen LogP contribution in [0.1, 0.15) is 12.0 Å². The van der Waals surface area contributed by atoms with E-state index in [1.54, 1.807) is 30.6 Å². The Labute approximate surface area is 209 Å². The Morgan fingerprint density at radius 2 is 1.92 bits per heavy atom. The van der Waals surface area contributed by atoms with Gasteiger partial charge >= 0.3 is 0 Å². The Hall–Kier alpha value is -3.05. The molecule has 0 bridgehead atoms. The van der Waals surface area contributed by atoms with E-state index in [9.17, 15) is 18.0 Å². The van der Waals surface area contributed by atoms with E-state index in [4.69, 9.17) is 4.74 Å². The fourth-order valence-electron chi connectivity index (χ4n) is 4.12. The van der Waals surface area contributed by atoms with E-state index in [1.165, 1.54) is 16.9 Å². The molecule has 36 heavy (non-hydrogen) atoms. The number of piperidine rings is 1. The highest BCUT2D eigenvalue weighted by molar-refractivity contribution is 6.76. The first-order valence-electron chi connectivity index (χ1n) is 11.9. The maximum absolute atomic E-state index is 14.9. The maximum Gasteiger partial charge on any atom is 0.266 e. The molecule has 0 aliphatic carbocycles. The molecule has 3 aromatic rings. The second-order valence-corrected chi connectivity index (χ2v) is 16.0. The van der Waals surface area contributed by atoms with Gasteiger partial charge in [0, 0.05) is 57.2 Å². The van der Waals surface area contributed by atoms with Crippen molar-refractivity contribution >= 4 is 19.8 Å². The van der Waals surface area contributed by atoms with Crippen LogP contribution in [0.25, 0.3) is 11.3 Å². The van der Waals surface area contributed by atoms with Gasteiger partial charge in [-0.3, -0.25) is 14.7 Å². The summed E-state index contributed by atoms with van der Waals surface area (Å²) >= 11 is 0. The highest BCUT2D eigenvalue weighted by Gasteiger charge is 2.46. The zero-order valence-electron chi connectivity index (χ0n) is 20.6. The quantitative estimate of drug-likeness (QED) is 0.226. The smallest absolute Gasteiger partial charge is 0.266 e. The number of rotatable bonds is 9. The van der Waals surface area contributed by atoms with Gasteiger partial charge < -0.3 is 4.74 Å². The Balaban J connectivity index is 1.62. The number of aromatic nitrogens is 4. The molecule has 1 atom stereocenters. The molecule has 7 nitrogen and oxygen atoms in total. The number of nitrogens with zero attached hydrogens (tertiary/aromatic N) is 5. The van der Waals surface area contributed by atoms with Gasteiger partial charge in [0.05, 0.1) is 12.2 Å². The molecule has 1 saturated heterocycles. The summed E-state index contributed by atoms with van der Waals surface area (Å²) in [5.41, 5.74) is 1.80. The number of anilines is 1. The third-order valence-corrected chi connectivity index (χ3v) is 7.75. The van der Waals surface area contributed by atoms with E-state index in [2.05, 4.69) is 34.7 Å². The molecular weight excluding hydrogens is 487 g/mol. The molecule has 4 heterocycles. The Kier molecular flexibility index (Phi) is 7.60. The van der Waals surface area contributed by atoms with Gasteiger partial charge in [-0.25, -0.2) is 18.4 Å². The van der Waals surface area contributed by atoms with Crippen LogP contribution < -0.4 is 4.90 Å². The van der Waals surface area contributed by atoms with Gasteiger partial charge in [0.2, 0.25) is 11.9 Å². The minimum atomic E-state index is -3.10. The lowest BCUT2D eigenvalue weighted by atomic mass is 9.89. The average molecular weight is 518 g/mol. The van der Waals surface area contributed by atoms with Crippen LogP contribution in [-0.4, -0.2) is 52.8 Å². The van der Waals surface area contributed by atoms with Crippen molar-refractivity contribution in [2.45, 2.75) is 51.2 Å². The highest BCUT2D eigenvalue weighted by atomic mass is 28.3. The lowest BCUT2D eigenvalue weighted by Gasteiger charge is -2.37. The van der Waals surface area contributed by atoms with Gasteiger partial charge in [0.25, 0.3) is 5.92 Å². The minimum Gasteiger partial charge on any atom is -0.359 e. The predicted octanol–water partition coefficient (Wildman–Crippen LogP) is 5.02. The topological polar surface area (TPSA) is 73.1 Å². The van der Waals surface area contributed by atoms with Gasteiger partial charge in [-0.1, -0.05) is 25.7 Å². The van der Waals surface area contributed by atoms with Crippen LogP contribution in [-0.2, 0) is 22.7 Å². The summed E-state index contributed by atoms with van der Waals surface area (Å²) in [6.45, 7) is 6.52. The largest absolute Gasteiger partial charge is 0.359 e. The van der Waals surface area contributed by atoms with Crippen LogP contribution in [0.2, 0.25) is 25.7 Å². The molecule has 1 aliphatic rings. The highest BCUT2D eigenvalue weighted by Crippen LogP contribution is 2.37. The molecule has 1 aliphatic heterocycles. The number of hydrogen-bond donors (Lipinski definition) is 0. The fraction of sp³-hybridized carbons (Fsp3) is 0.440. The van der Waals surface area contributed by atoms with Crippen molar-refractivity contribution in [1.82, 2.24) is 19.7 Å². The van der Waals surface area contributed by atoms with Crippen LogP contribution in [0.15, 0.2) is 48.9 Å². The maximum atomic E-state index is 14.9. The second kappa shape index (κ2) is 10.5. The molecule has 4 rings (SSSR count). The van der Waals surface area contributed by atoms with E-state index in [0.29, 0.717) is 17.9 Å². The van der Waals surface area contributed by atoms with E-state index in [-0.39, 0.29) is 19.0 Å². The van der Waals surface area contributed by atoms with Crippen molar-refractivity contribution < 1.29 is 22.7 Å². The van der Waals surface area contributed by atoms with E-state index in [1.807, 2.05) is 0 Å². The SMILES string of the molecule is C[Si](C)(C)CCOCn1nc(-c2ccncc2)cc1N1CC(F)(F)CC(Cc2ccc(F)nc2)C1=O. The monoisotopic (exact) mass is 517 g/mol. The molecular formula is C25H30F3N5O2Si. The van der Waals surface area contributed by atoms with Gasteiger partial charge in [0.1, 0.15) is 12.5 Å². The summed E-state index contributed by atoms with van der Waals surface area (Å²) in [6, 6.07) is 8.72. The molecule has 1 fully saturated rings. The first-order chi connectivity index (χ1) is 17.0. The summed E-state index contributed by atoms with van der Waals surface area (Å²) in [5.74, 6) is -4.93. The number of amides is 1. The van der Waals surface area contributed by atoms with Gasteiger partial charge in [-0.2, -0.15) is 9.49 Å². The molecule has 0 aromatic carbocycles.